The molecule has 1 amide bonds. The molecule has 0 bridgehead atoms. The van der Waals surface area contributed by atoms with Crippen LogP contribution in [0.25, 0.3) is 0 Å². The van der Waals surface area contributed by atoms with Gasteiger partial charge in [0.2, 0.25) is 0 Å². The molecule has 3 rings (SSSR count). The summed E-state index contributed by atoms with van der Waals surface area (Å²) in [6.07, 6.45) is 1.61. The number of methoxy groups -OCH3 is 1. The lowest BCUT2D eigenvalue weighted by molar-refractivity contribution is 0.102. The molecule has 0 aliphatic heterocycles. The monoisotopic (exact) mass is 319 g/mol. The minimum Gasteiger partial charge on any atom is -0.497 e. The zero-order valence-corrected chi connectivity index (χ0v) is 13.2. The van der Waals surface area contributed by atoms with Crippen LogP contribution in [-0.2, 0) is 0 Å². The Morgan fingerprint density at radius 3 is 2.38 bits per heavy atom. The van der Waals surface area contributed by atoms with E-state index in [4.69, 9.17) is 4.74 Å². The molecule has 0 spiro atoms. The van der Waals surface area contributed by atoms with Crippen LogP contribution >= 0.6 is 0 Å². The van der Waals surface area contributed by atoms with Crippen LogP contribution in [0, 0.1) is 0 Å². The van der Waals surface area contributed by atoms with Crippen molar-refractivity contribution >= 4 is 23.0 Å². The van der Waals surface area contributed by atoms with Gasteiger partial charge in [-0.3, -0.25) is 9.78 Å². The minimum absolute atomic E-state index is 0.267. The molecule has 1 heterocycles. The smallest absolute Gasteiger partial charge is 0.274 e. The maximum atomic E-state index is 12.3. The van der Waals surface area contributed by atoms with Crippen LogP contribution in [0.4, 0.5) is 17.1 Å². The Morgan fingerprint density at radius 1 is 0.917 bits per heavy atom. The van der Waals surface area contributed by atoms with E-state index in [-0.39, 0.29) is 5.91 Å². The molecule has 2 aromatic carbocycles. The number of para-hydroxylation sites is 1. The van der Waals surface area contributed by atoms with Gasteiger partial charge < -0.3 is 15.4 Å². The van der Waals surface area contributed by atoms with Crippen molar-refractivity contribution in [2.45, 2.75) is 0 Å². The van der Waals surface area contributed by atoms with Crippen LogP contribution in [0.15, 0.2) is 72.9 Å². The van der Waals surface area contributed by atoms with Crippen molar-refractivity contribution in [1.29, 1.82) is 0 Å². The number of carbonyl (C=O) groups excluding carboxylic acids is 1. The van der Waals surface area contributed by atoms with Gasteiger partial charge in [-0.1, -0.05) is 18.2 Å². The minimum atomic E-state index is -0.267. The standard InChI is InChI=1S/C19H17N3O2/c1-24-17-9-7-15(8-10-17)22-19(23)18-13-16(11-12-20-18)21-14-5-3-2-4-6-14/h2-13H,1H3,(H,20,21)(H,22,23). The summed E-state index contributed by atoms with van der Waals surface area (Å²) in [5.41, 5.74) is 2.78. The molecule has 2 N–H and O–H groups in total. The van der Waals surface area contributed by atoms with Gasteiger partial charge in [-0.25, -0.2) is 0 Å². The lowest BCUT2D eigenvalue weighted by Gasteiger charge is -2.09. The first-order valence-corrected chi connectivity index (χ1v) is 7.48. The third-order valence-corrected chi connectivity index (χ3v) is 3.40. The molecule has 5 heteroatoms. The quantitative estimate of drug-likeness (QED) is 0.743. The van der Waals surface area contributed by atoms with Gasteiger partial charge in [0, 0.05) is 23.3 Å². The lowest BCUT2D eigenvalue weighted by atomic mass is 10.2. The molecule has 1 aromatic heterocycles. The van der Waals surface area contributed by atoms with Crippen LogP contribution < -0.4 is 15.4 Å². The summed E-state index contributed by atoms with van der Waals surface area (Å²) in [4.78, 5) is 16.5. The number of benzene rings is 2. The third kappa shape index (κ3) is 3.89. The molecular formula is C19H17N3O2. The number of hydrogen-bond acceptors (Lipinski definition) is 4. The molecule has 24 heavy (non-hydrogen) atoms. The first kappa shape index (κ1) is 15.6. The normalized spacial score (nSPS) is 10.0. The van der Waals surface area contributed by atoms with Gasteiger partial charge in [-0.05, 0) is 48.5 Å². The Balaban J connectivity index is 1.71. The van der Waals surface area contributed by atoms with Crippen molar-refractivity contribution < 1.29 is 9.53 Å². The van der Waals surface area contributed by atoms with E-state index < -0.39 is 0 Å². The van der Waals surface area contributed by atoms with Gasteiger partial charge in [0.1, 0.15) is 11.4 Å². The first-order valence-electron chi connectivity index (χ1n) is 7.48. The number of pyridine rings is 1. The number of aromatic nitrogens is 1. The van der Waals surface area contributed by atoms with Crippen LogP contribution in [0.1, 0.15) is 10.5 Å². The molecule has 0 saturated carbocycles. The number of nitrogens with zero attached hydrogens (tertiary/aromatic N) is 1. The van der Waals surface area contributed by atoms with E-state index >= 15 is 0 Å². The fourth-order valence-electron chi connectivity index (χ4n) is 2.19. The first-order chi connectivity index (χ1) is 11.7. The molecule has 0 saturated heterocycles. The van der Waals surface area contributed by atoms with E-state index in [1.165, 1.54) is 0 Å². The average Bonchev–Trinajstić information content (AvgIpc) is 2.63. The molecule has 0 radical (unpaired) electrons. The molecule has 0 atom stereocenters. The molecule has 0 unspecified atom stereocenters. The van der Waals surface area contributed by atoms with Crippen molar-refractivity contribution in [3.8, 4) is 5.75 Å². The molecule has 3 aromatic rings. The van der Waals surface area contributed by atoms with Gasteiger partial charge in [0.15, 0.2) is 0 Å². The Hall–Kier alpha value is -3.34. The van der Waals surface area contributed by atoms with E-state index in [9.17, 15) is 4.79 Å². The topological polar surface area (TPSA) is 63.2 Å². The Kier molecular flexibility index (Phi) is 4.72. The van der Waals surface area contributed by atoms with Crippen molar-refractivity contribution in [2.24, 2.45) is 0 Å². The van der Waals surface area contributed by atoms with E-state index in [2.05, 4.69) is 15.6 Å². The Bertz CT molecular complexity index is 818. The summed E-state index contributed by atoms with van der Waals surface area (Å²) in [6.45, 7) is 0. The second kappa shape index (κ2) is 7.28. The predicted molar refractivity (Wildman–Crippen MR) is 94.9 cm³/mol. The van der Waals surface area contributed by atoms with Crippen LogP contribution in [0.3, 0.4) is 0 Å². The number of amides is 1. The van der Waals surface area contributed by atoms with E-state index in [0.717, 1.165) is 17.1 Å². The van der Waals surface area contributed by atoms with Crippen LogP contribution in [0.2, 0.25) is 0 Å². The zero-order valence-electron chi connectivity index (χ0n) is 13.2. The third-order valence-electron chi connectivity index (χ3n) is 3.40. The second-order valence-corrected chi connectivity index (χ2v) is 5.10. The average molecular weight is 319 g/mol. The fraction of sp³-hybridized carbons (Fsp3) is 0.0526. The van der Waals surface area contributed by atoms with Crippen molar-refractivity contribution in [2.75, 3.05) is 17.7 Å². The summed E-state index contributed by atoms with van der Waals surface area (Å²) in [5, 5.41) is 6.06. The summed E-state index contributed by atoms with van der Waals surface area (Å²) in [7, 11) is 1.60. The van der Waals surface area contributed by atoms with E-state index in [0.29, 0.717) is 11.4 Å². The highest BCUT2D eigenvalue weighted by Crippen LogP contribution is 2.18. The van der Waals surface area contributed by atoms with Gasteiger partial charge in [-0.15, -0.1) is 0 Å². The molecular weight excluding hydrogens is 302 g/mol. The lowest BCUT2D eigenvalue weighted by Crippen LogP contribution is -2.13. The molecule has 0 fully saturated rings. The molecule has 5 nitrogen and oxygen atoms in total. The van der Waals surface area contributed by atoms with Gasteiger partial charge >= 0.3 is 0 Å². The number of hydrogen-bond donors (Lipinski definition) is 2. The second-order valence-electron chi connectivity index (χ2n) is 5.10. The summed E-state index contributed by atoms with van der Waals surface area (Å²) in [5.74, 6) is 0.470. The van der Waals surface area contributed by atoms with E-state index in [1.54, 1.807) is 43.6 Å². The van der Waals surface area contributed by atoms with Gasteiger partial charge in [0.25, 0.3) is 5.91 Å². The largest absolute Gasteiger partial charge is 0.497 e. The van der Waals surface area contributed by atoms with Crippen molar-refractivity contribution in [3.05, 3.63) is 78.6 Å². The van der Waals surface area contributed by atoms with E-state index in [1.807, 2.05) is 36.4 Å². The van der Waals surface area contributed by atoms with Crippen LogP contribution in [-0.4, -0.2) is 18.0 Å². The van der Waals surface area contributed by atoms with Gasteiger partial charge in [0.05, 0.1) is 7.11 Å². The number of anilines is 3. The predicted octanol–water partition coefficient (Wildman–Crippen LogP) is 4.09. The molecule has 0 aliphatic rings. The maximum absolute atomic E-state index is 12.3. The Morgan fingerprint density at radius 2 is 1.67 bits per heavy atom. The molecule has 0 aliphatic carbocycles. The van der Waals surface area contributed by atoms with Crippen molar-refractivity contribution in [1.82, 2.24) is 4.98 Å². The highest BCUT2D eigenvalue weighted by molar-refractivity contribution is 6.03. The van der Waals surface area contributed by atoms with Crippen molar-refractivity contribution in [3.63, 3.8) is 0 Å². The summed E-state index contributed by atoms with van der Waals surface area (Å²) >= 11 is 0. The molecule has 120 valence electrons. The number of ether oxygens (including phenoxy) is 1. The highest BCUT2D eigenvalue weighted by atomic mass is 16.5. The number of rotatable bonds is 5. The number of nitrogens with one attached hydrogen (secondary N) is 2. The Labute approximate surface area is 140 Å². The number of carbonyl (C=O) groups is 1. The van der Waals surface area contributed by atoms with Crippen LogP contribution in [0.5, 0.6) is 5.75 Å². The maximum Gasteiger partial charge on any atom is 0.274 e. The van der Waals surface area contributed by atoms with Gasteiger partial charge in [-0.2, -0.15) is 0 Å². The summed E-state index contributed by atoms with van der Waals surface area (Å²) in [6, 6.07) is 20.4. The summed E-state index contributed by atoms with van der Waals surface area (Å²) < 4.78 is 5.10. The zero-order chi connectivity index (χ0) is 16.8. The SMILES string of the molecule is COc1ccc(NC(=O)c2cc(Nc3ccccc3)ccn2)cc1. The highest BCUT2D eigenvalue weighted by Gasteiger charge is 2.09. The fourth-order valence-corrected chi connectivity index (χ4v) is 2.19.